The molecule has 5 heteroatoms. The first-order valence-corrected chi connectivity index (χ1v) is 4.96. The van der Waals surface area contributed by atoms with Gasteiger partial charge in [0.25, 0.3) is 0 Å². The Hall–Kier alpha value is -1.62. The van der Waals surface area contributed by atoms with Crippen molar-refractivity contribution in [3.63, 3.8) is 0 Å². The highest BCUT2D eigenvalue weighted by Crippen LogP contribution is 2.05. The van der Waals surface area contributed by atoms with Crippen LogP contribution in [-0.2, 0) is 19.7 Å². The summed E-state index contributed by atoms with van der Waals surface area (Å²) < 4.78 is 3.82. The molecule has 0 radical (unpaired) electrons. The third kappa shape index (κ3) is 1.92. The monoisotopic (exact) mass is 206 g/mol. The summed E-state index contributed by atoms with van der Waals surface area (Å²) in [7, 11) is 0. The summed E-state index contributed by atoms with van der Waals surface area (Å²) >= 11 is 0. The molecule has 0 fully saturated rings. The molecule has 0 amide bonds. The van der Waals surface area contributed by atoms with Crippen LogP contribution in [-0.4, -0.2) is 24.4 Å². The Bertz CT molecular complexity index is 392. The molecule has 5 nitrogen and oxygen atoms in total. The predicted octanol–water partition coefficient (Wildman–Crippen LogP) is 0.640. The van der Waals surface area contributed by atoms with Gasteiger partial charge in [0.15, 0.2) is 0 Å². The van der Waals surface area contributed by atoms with Crippen LogP contribution in [0.1, 0.15) is 18.4 Å². The zero-order valence-corrected chi connectivity index (χ0v) is 8.67. The zero-order chi connectivity index (χ0) is 10.7. The lowest BCUT2D eigenvalue weighted by molar-refractivity contribution is 0.271. The fraction of sp³-hybridized carbons (Fsp3) is 0.400. The van der Waals surface area contributed by atoms with Crippen molar-refractivity contribution < 1.29 is 5.11 Å². The van der Waals surface area contributed by atoms with Gasteiger partial charge in [-0.1, -0.05) is 0 Å². The van der Waals surface area contributed by atoms with Crippen molar-refractivity contribution in [2.45, 2.75) is 26.6 Å². The molecule has 2 heterocycles. The lowest BCUT2D eigenvalue weighted by atomic mass is 10.4. The summed E-state index contributed by atoms with van der Waals surface area (Å²) in [4.78, 5) is 4.19. The SMILES string of the molecule is CCn1ncnc1Cn1cccc1CO. The Morgan fingerprint density at radius 1 is 1.47 bits per heavy atom. The van der Waals surface area contributed by atoms with E-state index in [1.807, 2.05) is 34.5 Å². The van der Waals surface area contributed by atoms with Crippen molar-refractivity contribution in [3.05, 3.63) is 36.2 Å². The van der Waals surface area contributed by atoms with Gasteiger partial charge in [-0.25, -0.2) is 9.67 Å². The predicted molar refractivity (Wildman–Crippen MR) is 55.2 cm³/mol. The Morgan fingerprint density at radius 2 is 2.33 bits per heavy atom. The second-order valence-electron chi connectivity index (χ2n) is 3.28. The molecule has 0 aliphatic heterocycles. The van der Waals surface area contributed by atoms with Gasteiger partial charge in [0.1, 0.15) is 12.2 Å². The van der Waals surface area contributed by atoms with Crippen LogP contribution in [0.2, 0.25) is 0 Å². The van der Waals surface area contributed by atoms with Gasteiger partial charge in [-0.05, 0) is 19.1 Å². The first-order chi connectivity index (χ1) is 7.35. The molecule has 2 aromatic rings. The Labute approximate surface area is 88.0 Å². The van der Waals surface area contributed by atoms with Gasteiger partial charge in [-0.15, -0.1) is 0 Å². The fourth-order valence-corrected chi connectivity index (χ4v) is 1.57. The van der Waals surface area contributed by atoms with Crippen molar-refractivity contribution in [1.82, 2.24) is 19.3 Å². The Kier molecular flexibility index (Phi) is 2.82. The van der Waals surface area contributed by atoms with Gasteiger partial charge in [0.05, 0.1) is 13.2 Å². The summed E-state index contributed by atoms with van der Waals surface area (Å²) in [5.41, 5.74) is 0.889. The van der Waals surface area contributed by atoms with Gasteiger partial charge in [0, 0.05) is 18.4 Å². The van der Waals surface area contributed by atoms with E-state index in [1.54, 1.807) is 6.33 Å². The number of aliphatic hydroxyl groups is 1. The molecule has 1 N–H and O–H groups in total. The number of aliphatic hydroxyl groups excluding tert-OH is 1. The molecule has 2 aromatic heterocycles. The van der Waals surface area contributed by atoms with Crippen molar-refractivity contribution >= 4 is 0 Å². The average Bonchev–Trinajstić information content (AvgIpc) is 2.87. The van der Waals surface area contributed by atoms with Gasteiger partial charge in [-0.3, -0.25) is 0 Å². The van der Waals surface area contributed by atoms with E-state index in [9.17, 15) is 0 Å². The summed E-state index contributed by atoms with van der Waals surface area (Å²) in [6.45, 7) is 3.54. The molecule has 0 aliphatic carbocycles. The molecule has 0 unspecified atom stereocenters. The van der Waals surface area contributed by atoms with Crippen molar-refractivity contribution in [2.24, 2.45) is 0 Å². The van der Waals surface area contributed by atoms with Crippen LogP contribution in [0.5, 0.6) is 0 Å². The van der Waals surface area contributed by atoms with E-state index in [-0.39, 0.29) is 6.61 Å². The summed E-state index contributed by atoms with van der Waals surface area (Å²) in [6.07, 6.45) is 3.49. The van der Waals surface area contributed by atoms with E-state index in [0.29, 0.717) is 6.54 Å². The molecule has 0 atom stereocenters. The molecular weight excluding hydrogens is 192 g/mol. The van der Waals surface area contributed by atoms with E-state index in [2.05, 4.69) is 10.1 Å². The Morgan fingerprint density at radius 3 is 3.07 bits per heavy atom. The largest absolute Gasteiger partial charge is 0.390 e. The summed E-state index contributed by atoms with van der Waals surface area (Å²) in [6, 6.07) is 3.81. The minimum absolute atomic E-state index is 0.0489. The Balaban J connectivity index is 2.21. The molecule has 80 valence electrons. The van der Waals surface area contributed by atoms with Crippen LogP contribution in [0.4, 0.5) is 0 Å². The molecule has 0 saturated heterocycles. The number of hydrogen-bond donors (Lipinski definition) is 1. The van der Waals surface area contributed by atoms with Crippen molar-refractivity contribution in [1.29, 1.82) is 0 Å². The molecule has 0 spiro atoms. The standard InChI is InChI=1S/C10H14N4O/c1-2-14-10(11-8-12-14)6-13-5-3-4-9(13)7-15/h3-5,8,15H,2,6-7H2,1H3. The van der Waals surface area contributed by atoms with E-state index in [4.69, 9.17) is 5.11 Å². The zero-order valence-electron chi connectivity index (χ0n) is 8.67. The molecule has 15 heavy (non-hydrogen) atoms. The second kappa shape index (κ2) is 4.27. The van der Waals surface area contributed by atoms with Crippen LogP contribution in [0.15, 0.2) is 24.7 Å². The number of hydrogen-bond acceptors (Lipinski definition) is 3. The average molecular weight is 206 g/mol. The third-order valence-electron chi connectivity index (χ3n) is 2.39. The maximum atomic E-state index is 9.10. The molecule has 0 bridgehead atoms. The van der Waals surface area contributed by atoms with Crippen LogP contribution < -0.4 is 0 Å². The van der Waals surface area contributed by atoms with E-state index < -0.39 is 0 Å². The van der Waals surface area contributed by atoms with Crippen molar-refractivity contribution in [3.8, 4) is 0 Å². The second-order valence-corrected chi connectivity index (χ2v) is 3.28. The number of aryl methyl sites for hydroxylation is 1. The maximum Gasteiger partial charge on any atom is 0.146 e. The smallest absolute Gasteiger partial charge is 0.146 e. The first kappa shape index (κ1) is 9.92. The number of rotatable bonds is 4. The van der Waals surface area contributed by atoms with E-state index >= 15 is 0 Å². The molecule has 2 rings (SSSR count). The van der Waals surface area contributed by atoms with Gasteiger partial charge in [0.2, 0.25) is 0 Å². The maximum absolute atomic E-state index is 9.10. The van der Waals surface area contributed by atoms with Crippen LogP contribution >= 0.6 is 0 Å². The molecule has 0 aromatic carbocycles. The number of nitrogens with zero attached hydrogens (tertiary/aromatic N) is 4. The quantitative estimate of drug-likeness (QED) is 0.798. The third-order valence-corrected chi connectivity index (χ3v) is 2.39. The van der Waals surface area contributed by atoms with Crippen LogP contribution in [0.3, 0.4) is 0 Å². The van der Waals surface area contributed by atoms with Gasteiger partial charge >= 0.3 is 0 Å². The van der Waals surface area contributed by atoms with E-state index in [1.165, 1.54) is 0 Å². The van der Waals surface area contributed by atoms with Crippen LogP contribution in [0, 0.1) is 0 Å². The molecule has 0 saturated carbocycles. The first-order valence-electron chi connectivity index (χ1n) is 4.96. The highest BCUT2D eigenvalue weighted by atomic mass is 16.3. The highest BCUT2D eigenvalue weighted by Gasteiger charge is 2.05. The highest BCUT2D eigenvalue weighted by molar-refractivity contribution is 5.07. The van der Waals surface area contributed by atoms with Gasteiger partial charge < -0.3 is 9.67 Å². The van der Waals surface area contributed by atoms with Crippen LogP contribution in [0.25, 0.3) is 0 Å². The topological polar surface area (TPSA) is 55.9 Å². The fourth-order valence-electron chi connectivity index (χ4n) is 1.57. The summed E-state index contributed by atoms with van der Waals surface area (Å²) in [5.74, 6) is 0.906. The lowest BCUT2D eigenvalue weighted by Gasteiger charge is -2.07. The number of aromatic nitrogens is 4. The van der Waals surface area contributed by atoms with Gasteiger partial charge in [-0.2, -0.15) is 5.10 Å². The van der Waals surface area contributed by atoms with Crippen molar-refractivity contribution in [2.75, 3.05) is 0 Å². The molecular formula is C10H14N4O. The normalized spacial score (nSPS) is 10.8. The summed E-state index contributed by atoms with van der Waals surface area (Å²) in [5, 5.41) is 13.2. The minimum Gasteiger partial charge on any atom is -0.390 e. The lowest BCUT2D eigenvalue weighted by Crippen LogP contribution is -2.10. The van der Waals surface area contributed by atoms with E-state index in [0.717, 1.165) is 18.1 Å². The molecule has 0 aliphatic rings. The minimum atomic E-state index is 0.0489.